The number of carbonyl (C=O) groups excluding carboxylic acids is 1. The highest BCUT2D eigenvalue weighted by Gasteiger charge is 2.26. The Labute approximate surface area is 118 Å². The van der Waals surface area contributed by atoms with Crippen LogP contribution in [0.2, 0.25) is 0 Å². The molecule has 1 aliphatic heterocycles. The summed E-state index contributed by atoms with van der Waals surface area (Å²) in [5.74, 6) is 0.544. The van der Waals surface area contributed by atoms with Gasteiger partial charge in [-0.1, -0.05) is 30.3 Å². The lowest BCUT2D eigenvalue weighted by Gasteiger charge is -2.15. The number of benzene rings is 1. The van der Waals surface area contributed by atoms with E-state index in [1.165, 1.54) is 0 Å². The first-order valence-electron chi connectivity index (χ1n) is 7.01. The first kappa shape index (κ1) is 12.9. The number of aromatic nitrogens is 1. The van der Waals surface area contributed by atoms with Crippen LogP contribution in [0.3, 0.4) is 0 Å². The third-order valence-corrected chi connectivity index (χ3v) is 3.87. The lowest BCUT2D eigenvalue weighted by Crippen LogP contribution is -2.27. The highest BCUT2D eigenvalue weighted by molar-refractivity contribution is 5.79. The molecule has 1 fully saturated rings. The Bertz CT molecular complexity index is 650. The molecule has 1 aromatic carbocycles. The van der Waals surface area contributed by atoms with Crippen molar-refractivity contribution < 1.29 is 4.79 Å². The Balaban J connectivity index is 1.68. The Morgan fingerprint density at radius 2 is 2.15 bits per heavy atom. The van der Waals surface area contributed by atoms with Crippen molar-refractivity contribution in [1.29, 1.82) is 0 Å². The van der Waals surface area contributed by atoms with E-state index in [-0.39, 0.29) is 5.91 Å². The zero-order chi connectivity index (χ0) is 13.9. The van der Waals surface area contributed by atoms with E-state index < -0.39 is 0 Å². The number of amides is 1. The maximum absolute atomic E-state index is 11.8. The number of hydrogen-bond donors (Lipinski definition) is 0. The average molecular weight is 266 g/mol. The smallest absolute Gasteiger partial charge is 0.223 e. The van der Waals surface area contributed by atoms with Gasteiger partial charge in [0, 0.05) is 42.9 Å². The van der Waals surface area contributed by atoms with E-state index in [0.717, 1.165) is 36.1 Å². The number of pyridine rings is 1. The standard InChI is InChI=1S/C17H18N2O/c1-2-13-11-17(20)19(12-13)10-9-15-8-7-14-5-3-4-6-16(14)18-15/h2-8,13H,1,9-12H2. The lowest BCUT2D eigenvalue weighted by atomic mass is 10.1. The zero-order valence-electron chi connectivity index (χ0n) is 11.5. The predicted molar refractivity (Wildman–Crippen MR) is 80.3 cm³/mol. The van der Waals surface area contributed by atoms with Gasteiger partial charge in [-0.2, -0.15) is 0 Å². The lowest BCUT2D eigenvalue weighted by molar-refractivity contribution is -0.127. The van der Waals surface area contributed by atoms with Crippen molar-refractivity contribution in [3.63, 3.8) is 0 Å². The molecule has 1 saturated heterocycles. The van der Waals surface area contributed by atoms with Crippen molar-refractivity contribution in [2.45, 2.75) is 12.8 Å². The molecule has 0 radical (unpaired) electrons. The molecule has 102 valence electrons. The van der Waals surface area contributed by atoms with Crippen LogP contribution in [-0.2, 0) is 11.2 Å². The molecule has 3 heteroatoms. The predicted octanol–water partition coefficient (Wildman–Crippen LogP) is 2.81. The monoisotopic (exact) mass is 266 g/mol. The van der Waals surface area contributed by atoms with Gasteiger partial charge in [-0.3, -0.25) is 9.78 Å². The number of fused-ring (bicyclic) bond motifs is 1. The molecule has 0 spiro atoms. The number of likely N-dealkylation sites (tertiary alicyclic amines) is 1. The molecule has 1 unspecified atom stereocenters. The molecule has 1 atom stereocenters. The molecule has 1 aliphatic rings. The normalized spacial score (nSPS) is 18.7. The van der Waals surface area contributed by atoms with Crippen LogP contribution < -0.4 is 0 Å². The number of carbonyl (C=O) groups is 1. The molecule has 0 bridgehead atoms. The Kier molecular flexibility index (Phi) is 3.50. The van der Waals surface area contributed by atoms with Crippen LogP contribution in [0.1, 0.15) is 12.1 Å². The zero-order valence-corrected chi connectivity index (χ0v) is 11.5. The SMILES string of the molecule is C=CC1CC(=O)N(CCc2ccc3ccccc3n2)C1. The molecule has 1 aromatic heterocycles. The van der Waals surface area contributed by atoms with Crippen LogP contribution in [0.5, 0.6) is 0 Å². The second kappa shape index (κ2) is 5.45. The molecule has 1 amide bonds. The van der Waals surface area contributed by atoms with Gasteiger partial charge in [-0.05, 0) is 12.1 Å². The largest absolute Gasteiger partial charge is 0.342 e. The van der Waals surface area contributed by atoms with Gasteiger partial charge in [0.05, 0.1) is 5.52 Å². The molecule has 3 nitrogen and oxygen atoms in total. The minimum absolute atomic E-state index is 0.232. The summed E-state index contributed by atoms with van der Waals surface area (Å²) in [5, 5.41) is 1.15. The fraction of sp³-hybridized carbons (Fsp3) is 0.294. The maximum Gasteiger partial charge on any atom is 0.223 e. The summed E-state index contributed by atoms with van der Waals surface area (Å²) in [6.07, 6.45) is 3.29. The van der Waals surface area contributed by atoms with Crippen LogP contribution in [0, 0.1) is 5.92 Å². The van der Waals surface area contributed by atoms with Crippen LogP contribution in [0.25, 0.3) is 10.9 Å². The van der Waals surface area contributed by atoms with Crippen molar-refractivity contribution in [3.05, 3.63) is 54.7 Å². The van der Waals surface area contributed by atoms with Crippen molar-refractivity contribution in [2.75, 3.05) is 13.1 Å². The highest BCUT2D eigenvalue weighted by Crippen LogP contribution is 2.19. The number of nitrogens with zero attached hydrogens (tertiary/aromatic N) is 2. The van der Waals surface area contributed by atoms with Crippen molar-refractivity contribution in [2.24, 2.45) is 5.92 Å². The Morgan fingerprint density at radius 3 is 2.95 bits per heavy atom. The van der Waals surface area contributed by atoms with Gasteiger partial charge in [0.2, 0.25) is 5.91 Å². The van der Waals surface area contributed by atoms with Crippen LogP contribution in [0.15, 0.2) is 49.1 Å². The van der Waals surface area contributed by atoms with Crippen molar-refractivity contribution in [3.8, 4) is 0 Å². The van der Waals surface area contributed by atoms with E-state index >= 15 is 0 Å². The number of rotatable bonds is 4. The molecule has 2 aromatic rings. The minimum atomic E-state index is 0.232. The van der Waals surface area contributed by atoms with Crippen LogP contribution >= 0.6 is 0 Å². The molecule has 20 heavy (non-hydrogen) atoms. The fourth-order valence-electron chi connectivity index (χ4n) is 2.67. The van der Waals surface area contributed by atoms with E-state index in [4.69, 9.17) is 0 Å². The highest BCUT2D eigenvalue weighted by atomic mass is 16.2. The minimum Gasteiger partial charge on any atom is -0.342 e. The topological polar surface area (TPSA) is 33.2 Å². The molecule has 0 saturated carbocycles. The quantitative estimate of drug-likeness (QED) is 0.797. The summed E-state index contributed by atoms with van der Waals surface area (Å²) in [6, 6.07) is 12.2. The van der Waals surface area contributed by atoms with Crippen LogP contribution in [-0.4, -0.2) is 28.9 Å². The number of hydrogen-bond acceptors (Lipinski definition) is 2. The van der Waals surface area contributed by atoms with E-state index in [1.807, 2.05) is 35.2 Å². The Hall–Kier alpha value is -2.16. The first-order valence-corrected chi connectivity index (χ1v) is 7.01. The molecular weight excluding hydrogens is 248 g/mol. The third-order valence-electron chi connectivity index (χ3n) is 3.87. The van der Waals surface area contributed by atoms with E-state index in [2.05, 4.69) is 23.7 Å². The van der Waals surface area contributed by atoms with Crippen molar-refractivity contribution in [1.82, 2.24) is 9.88 Å². The van der Waals surface area contributed by atoms with Gasteiger partial charge in [-0.25, -0.2) is 0 Å². The molecule has 0 aliphatic carbocycles. The number of para-hydroxylation sites is 1. The molecular formula is C17H18N2O. The summed E-state index contributed by atoms with van der Waals surface area (Å²) < 4.78 is 0. The second-order valence-electron chi connectivity index (χ2n) is 5.28. The second-order valence-corrected chi connectivity index (χ2v) is 5.28. The summed E-state index contributed by atoms with van der Waals surface area (Å²) in [6.45, 7) is 5.32. The fourth-order valence-corrected chi connectivity index (χ4v) is 2.67. The van der Waals surface area contributed by atoms with E-state index in [1.54, 1.807) is 0 Å². The van der Waals surface area contributed by atoms with Gasteiger partial charge in [-0.15, -0.1) is 6.58 Å². The van der Waals surface area contributed by atoms with Gasteiger partial charge in [0.1, 0.15) is 0 Å². The summed E-state index contributed by atoms with van der Waals surface area (Å²) in [4.78, 5) is 18.4. The third kappa shape index (κ3) is 2.57. The summed E-state index contributed by atoms with van der Waals surface area (Å²) in [7, 11) is 0. The van der Waals surface area contributed by atoms with Gasteiger partial charge < -0.3 is 4.90 Å². The van der Waals surface area contributed by atoms with Gasteiger partial charge >= 0.3 is 0 Å². The van der Waals surface area contributed by atoms with Crippen molar-refractivity contribution >= 4 is 16.8 Å². The maximum atomic E-state index is 11.8. The van der Waals surface area contributed by atoms with Gasteiger partial charge in [0.15, 0.2) is 0 Å². The van der Waals surface area contributed by atoms with Gasteiger partial charge in [0.25, 0.3) is 0 Å². The summed E-state index contributed by atoms with van der Waals surface area (Å²) >= 11 is 0. The average Bonchev–Trinajstić information content (AvgIpc) is 2.85. The Morgan fingerprint density at radius 1 is 1.30 bits per heavy atom. The van der Waals surface area contributed by atoms with Crippen LogP contribution in [0.4, 0.5) is 0 Å². The summed E-state index contributed by atoms with van der Waals surface area (Å²) in [5.41, 5.74) is 2.06. The molecule has 2 heterocycles. The molecule has 3 rings (SSSR count). The van der Waals surface area contributed by atoms with E-state index in [0.29, 0.717) is 12.3 Å². The molecule has 0 N–H and O–H groups in total. The first-order chi connectivity index (χ1) is 9.76. The van der Waals surface area contributed by atoms with E-state index in [9.17, 15) is 4.79 Å².